The predicted octanol–water partition coefficient (Wildman–Crippen LogP) is 3.71. The maximum atomic E-state index is 6.15. The van der Waals surface area contributed by atoms with Crippen LogP contribution in [-0.2, 0) is 6.54 Å². The molecule has 0 spiro atoms. The van der Waals surface area contributed by atoms with Crippen molar-refractivity contribution in [2.75, 3.05) is 20.2 Å². The Morgan fingerprint density at radius 2 is 2.20 bits per heavy atom. The van der Waals surface area contributed by atoms with E-state index in [2.05, 4.69) is 31.7 Å². The molecule has 0 N–H and O–H groups in total. The van der Waals surface area contributed by atoms with Gasteiger partial charge < -0.3 is 9.47 Å². The lowest BCUT2D eigenvalue weighted by molar-refractivity contribution is 0.132. The third-order valence-corrected chi connectivity index (χ3v) is 4.14. The quantitative estimate of drug-likeness (QED) is 0.819. The molecule has 0 aliphatic carbocycles. The van der Waals surface area contributed by atoms with E-state index in [1.165, 1.54) is 12.0 Å². The summed E-state index contributed by atoms with van der Waals surface area (Å²) in [5.41, 5.74) is 1.24. The molecule has 1 aromatic rings. The van der Waals surface area contributed by atoms with E-state index in [0.29, 0.717) is 0 Å². The Morgan fingerprint density at radius 3 is 2.85 bits per heavy atom. The summed E-state index contributed by atoms with van der Waals surface area (Å²) >= 11 is 0. The highest BCUT2D eigenvalue weighted by Crippen LogP contribution is 2.30. The zero-order chi connectivity index (χ0) is 14.5. The van der Waals surface area contributed by atoms with Crippen molar-refractivity contribution in [2.24, 2.45) is 5.92 Å². The van der Waals surface area contributed by atoms with E-state index >= 15 is 0 Å². The van der Waals surface area contributed by atoms with Crippen LogP contribution in [0.15, 0.2) is 18.2 Å². The van der Waals surface area contributed by atoms with Gasteiger partial charge in [0.15, 0.2) is 0 Å². The number of benzene rings is 1. The monoisotopic (exact) mass is 277 g/mol. The van der Waals surface area contributed by atoms with E-state index in [4.69, 9.17) is 9.47 Å². The second-order valence-electron chi connectivity index (χ2n) is 5.83. The Bertz CT molecular complexity index is 433. The summed E-state index contributed by atoms with van der Waals surface area (Å²) in [6, 6.07) is 6.14. The maximum absolute atomic E-state index is 6.15. The fourth-order valence-corrected chi connectivity index (χ4v) is 2.65. The standard InChI is InChI=1S/C17H27NO2/c1-5-13(3)10-18-11-14-9-16(19-4)7-8-17(14)20-15(6-2)12-18/h7-9,13,15H,5-6,10-12H2,1-4H3/t13-,15+/m0/s1. The predicted molar refractivity (Wildman–Crippen MR) is 82.4 cm³/mol. The molecule has 0 radical (unpaired) electrons. The fraction of sp³-hybridized carbons (Fsp3) is 0.647. The minimum Gasteiger partial charge on any atom is -0.497 e. The van der Waals surface area contributed by atoms with Crippen LogP contribution in [0.5, 0.6) is 11.5 Å². The van der Waals surface area contributed by atoms with Crippen LogP contribution in [0.25, 0.3) is 0 Å². The molecule has 3 nitrogen and oxygen atoms in total. The van der Waals surface area contributed by atoms with Crippen LogP contribution in [0.3, 0.4) is 0 Å². The summed E-state index contributed by atoms with van der Waals surface area (Å²) in [5.74, 6) is 2.65. The molecule has 0 bridgehead atoms. The summed E-state index contributed by atoms with van der Waals surface area (Å²) in [5, 5.41) is 0. The molecule has 0 saturated carbocycles. The SMILES string of the molecule is CC[C@H](C)CN1Cc2cc(OC)ccc2O[C@H](CC)C1. The normalized spacial score (nSPS) is 20.7. The first-order valence-corrected chi connectivity index (χ1v) is 7.72. The Kier molecular flexibility index (Phi) is 5.30. The molecule has 20 heavy (non-hydrogen) atoms. The van der Waals surface area contributed by atoms with Gasteiger partial charge in [-0.2, -0.15) is 0 Å². The van der Waals surface area contributed by atoms with Crippen LogP contribution in [0.1, 0.15) is 39.2 Å². The van der Waals surface area contributed by atoms with E-state index < -0.39 is 0 Å². The van der Waals surface area contributed by atoms with Gasteiger partial charge in [0.25, 0.3) is 0 Å². The Morgan fingerprint density at radius 1 is 1.40 bits per heavy atom. The van der Waals surface area contributed by atoms with Gasteiger partial charge in [0.2, 0.25) is 0 Å². The van der Waals surface area contributed by atoms with E-state index in [9.17, 15) is 0 Å². The van der Waals surface area contributed by atoms with Crippen molar-refractivity contribution >= 4 is 0 Å². The van der Waals surface area contributed by atoms with Gasteiger partial charge in [0.1, 0.15) is 17.6 Å². The molecular weight excluding hydrogens is 250 g/mol. The summed E-state index contributed by atoms with van der Waals surface area (Å²) in [4.78, 5) is 2.52. The third kappa shape index (κ3) is 3.66. The van der Waals surface area contributed by atoms with Gasteiger partial charge in [-0.25, -0.2) is 0 Å². The van der Waals surface area contributed by atoms with Crippen LogP contribution in [0.2, 0.25) is 0 Å². The molecule has 0 saturated heterocycles. The minimum atomic E-state index is 0.286. The van der Waals surface area contributed by atoms with Gasteiger partial charge in [-0.15, -0.1) is 0 Å². The number of rotatable bonds is 5. The summed E-state index contributed by atoms with van der Waals surface area (Å²) in [7, 11) is 1.71. The van der Waals surface area contributed by atoms with Crippen LogP contribution in [0.4, 0.5) is 0 Å². The van der Waals surface area contributed by atoms with E-state index in [1.54, 1.807) is 7.11 Å². The van der Waals surface area contributed by atoms with Crippen LogP contribution >= 0.6 is 0 Å². The van der Waals surface area contributed by atoms with Crippen molar-refractivity contribution in [1.29, 1.82) is 0 Å². The topological polar surface area (TPSA) is 21.7 Å². The summed E-state index contributed by atoms with van der Waals surface area (Å²) in [6.45, 7) is 9.87. The molecular formula is C17H27NO2. The van der Waals surface area contributed by atoms with Gasteiger partial charge in [-0.05, 0) is 30.5 Å². The average molecular weight is 277 g/mol. The largest absolute Gasteiger partial charge is 0.497 e. The molecule has 3 heteroatoms. The average Bonchev–Trinajstić information content (AvgIpc) is 2.64. The van der Waals surface area contributed by atoms with Crippen molar-refractivity contribution in [3.63, 3.8) is 0 Å². The van der Waals surface area contributed by atoms with E-state index in [1.807, 2.05) is 12.1 Å². The van der Waals surface area contributed by atoms with Crippen molar-refractivity contribution in [3.05, 3.63) is 23.8 Å². The molecule has 2 rings (SSSR count). The van der Waals surface area contributed by atoms with Gasteiger partial charge in [-0.1, -0.05) is 27.2 Å². The van der Waals surface area contributed by atoms with Crippen molar-refractivity contribution in [3.8, 4) is 11.5 Å². The van der Waals surface area contributed by atoms with Gasteiger partial charge in [-0.3, -0.25) is 4.90 Å². The summed E-state index contributed by atoms with van der Waals surface area (Å²) < 4.78 is 11.5. The molecule has 2 atom stereocenters. The van der Waals surface area contributed by atoms with Crippen LogP contribution in [0, 0.1) is 5.92 Å². The Labute approximate surface area is 122 Å². The second-order valence-corrected chi connectivity index (χ2v) is 5.83. The molecule has 0 unspecified atom stereocenters. The van der Waals surface area contributed by atoms with E-state index in [-0.39, 0.29) is 6.10 Å². The zero-order valence-corrected chi connectivity index (χ0v) is 13.2. The van der Waals surface area contributed by atoms with Gasteiger partial charge in [0.05, 0.1) is 7.11 Å². The molecule has 0 aromatic heterocycles. The van der Waals surface area contributed by atoms with Gasteiger partial charge >= 0.3 is 0 Å². The fourth-order valence-electron chi connectivity index (χ4n) is 2.65. The summed E-state index contributed by atoms with van der Waals surface area (Å²) in [6.07, 6.45) is 2.55. The van der Waals surface area contributed by atoms with Gasteiger partial charge in [0, 0.05) is 25.2 Å². The second kappa shape index (κ2) is 6.98. The molecule has 1 aromatic carbocycles. The lowest BCUT2D eigenvalue weighted by atomic mass is 10.1. The van der Waals surface area contributed by atoms with Crippen molar-refractivity contribution in [1.82, 2.24) is 4.90 Å². The highest BCUT2D eigenvalue weighted by molar-refractivity contribution is 5.41. The van der Waals surface area contributed by atoms with Crippen LogP contribution in [-0.4, -0.2) is 31.2 Å². The number of hydrogen-bond donors (Lipinski definition) is 0. The van der Waals surface area contributed by atoms with Crippen LogP contribution < -0.4 is 9.47 Å². The third-order valence-electron chi connectivity index (χ3n) is 4.14. The first-order valence-electron chi connectivity index (χ1n) is 7.72. The minimum absolute atomic E-state index is 0.286. The zero-order valence-electron chi connectivity index (χ0n) is 13.2. The number of fused-ring (bicyclic) bond motifs is 1. The molecule has 1 aliphatic heterocycles. The Hall–Kier alpha value is -1.22. The molecule has 1 heterocycles. The van der Waals surface area contributed by atoms with Crippen molar-refractivity contribution < 1.29 is 9.47 Å². The molecule has 1 aliphatic rings. The number of hydrogen-bond acceptors (Lipinski definition) is 3. The van der Waals surface area contributed by atoms with Crippen molar-refractivity contribution in [2.45, 2.75) is 46.3 Å². The molecule has 0 fully saturated rings. The smallest absolute Gasteiger partial charge is 0.124 e. The van der Waals surface area contributed by atoms with E-state index in [0.717, 1.165) is 43.5 Å². The first kappa shape index (κ1) is 15.2. The highest BCUT2D eigenvalue weighted by Gasteiger charge is 2.23. The first-order chi connectivity index (χ1) is 9.66. The Balaban J connectivity index is 2.21. The maximum Gasteiger partial charge on any atom is 0.124 e. The lowest BCUT2D eigenvalue weighted by Gasteiger charge is -2.25. The lowest BCUT2D eigenvalue weighted by Crippen LogP contribution is -2.35. The molecule has 112 valence electrons. The number of ether oxygens (including phenoxy) is 2. The number of nitrogens with zero attached hydrogens (tertiary/aromatic N) is 1. The number of methoxy groups -OCH3 is 1. The molecule has 0 amide bonds. The highest BCUT2D eigenvalue weighted by atomic mass is 16.5.